The fraction of sp³-hybridized carbons (Fsp3) is 0.143. The van der Waals surface area contributed by atoms with Gasteiger partial charge in [0.05, 0.1) is 16.7 Å². The van der Waals surface area contributed by atoms with E-state index in [1.54, 1.807) is 6.07 Å². The van der Waals surface area contributed by atoms with Gasteiger partial charge < -0.3 is 16.0 Å². The predicted octanol–water partition coefficient (Wildman–Crippen LogP) is 1.73. The molecule has 0 bridgehead atoms. The molecule has 2 aromatic carbocycles. The number of nitrogens with two attached hydrogens (primary N) is 1. The number of rotatable bonds is 5. The predicted molar refractivity (Wildman–Crippen MR) is 111 cm³/mol. The van der Waals surface area contributed by atoms with Gasteiger partial charge in [0.1, 0.15) is 23.4 Å². The number of benzene rings is 2. The minimum atomic E-state index is -1.23. The van der Waals surface area contributed by atoms with E-state index < -0.39 is 28.4 Å². The highest BCUT2D eigenvalue weighted by atomic mass is 19.1. The van der Waals surface area contributed by atoms with Crippen LogP contribution in [0.2, 0.25) is 0 Å². The van der Waals surface area contributed by atoms with Gasteiger partial charge >= 0.3 is 0 Å². The van der Waals surface area contributed by atoms with Crippen LogP contribution in [0, 0.1) is 21.7 Å². The molecule has 1 unspecified atom stereocenters. The molecule has 0 radical (unpaired) electrons. The van der Waals surface area contributed by atoms with E-state index in [1.165, 1.54) is 47.5 Å². The molecule has 1 atom stereocenters. The Hall–Kier alpha value is -4.28. The molecule has 0 aromatic heterocycles. The van der Waals surface area contributed by atoms with Crippen LogP contribution < -0.4 is 16.5 Å². The van der Waals surface area contributed by atoms with E-state index in [0.29, 0.717) is 18.7 Å². The van der Waals surface area contributed by atoms with Crippen molar-refractivity contribution in [1.82, 2.24) is 15.6 Å². The number of nitrogens with one attached hydrogen (secondary N) is 2. The van der Waals surface area contributed by atoms with E-state index in [1.807, 2.05) is 0 Å². The van der Waals surface area contributed by atoms with E-state index >= 15 is 0 Å². The number of allylic oxidation sites excluding steroid dienone is 1. The lowest BCUT2D eigenvalue weighted by Crippen LogP contribution is -2.40. The number of amides is 1. The van der Waals surface area contributed by atoms with E-state index in [-0.39, 0.29) is 28.5 Å². The normalized spacial score (nSPS) is 18.1. The second-order valence-electron chi connectivity index (χ2n) is 7.11. The van der Waals surface area contributed by atoms with Gasteiger partial charge in [-0.1, -0.05) is 24.3 Å². The van der Waals surface area contributed by atoms with Gasteiger partial charge in [-0.2, -0.15) is 5.10 Å². The third-order valence-electron chi connectivity index (χ3n) is 5.12. The lowest BCUT2D eigenvalue weighted by Gasteiger charge is -2.30. The Kier molecular flexibility index (Phi) is 5.54. The zero-order valence-corrected chi connectivity index (χ0v) is 16.6. The number of halogens is 2. The highest BCUT2D eigenvalue weighted by molar-refractivity contribution is 5.97. The zero-order chi connectivity index (χ0) is 22.8. The third-order valence-corrected chi connectivity index (χ3v) is 5.12. The molecule has 4 rings (SSSR count). The van der Waals surface area contributed by atoms with Crippen LogP contribution in [-0.2, 0) is 4.79 Å². The summed E-state index contributed by atoms with van der Waals surface area (Å²) in [5.74, 6) is -2.94. The van der Waals surface area contributed by atoms with Crippen LogP contribution in [0.5, 0.6) is 0 Å². The van der Waals surface area contributed by atoms with Crippen molar-refractivity contribution in [1.29, 1.82) is 0 Å². The van der Waals surface area contributed by atoms with E-state index in [4.69, 9.17) is 5.73 Å². The van der Waals surface area contributed by atoms with Gasteiger partial charge in [0.15, 0.2) is 5.82 Å². The van der Waals surface area contributed by atoms with Crippen molar-refractivity contribution in [2.75, 3.05) is 13.1 Å². The number of carbonyl (C=O) groups excluding carboxylic acids is 1. The molecular weight excluding hydrogens is 422 g/mol. The number of hydrogen-bond donors (Lipinski definition) is 3. The van der Waals surface area contributed by atoms with Crippen LogP contribution in [0.15, 0.2) is 76.5 Å². The first-order valence-corrected chi connectivity index (χ1v) is 9.61. The molecule has 9 nitrogen and oxygen atoms in total. The van der Waals surface area contributed by atoms with Crippen LogP contribution in [0.3, 0.4) is 0 Å². The molecule has 0 spiro atoms. The van der Waals surface area contributed by atoms with Gasteiger partial charge in [-0.05, 0) is 35.4 Å². The highest BCUT2D eigenvalue weighted by Crippen LogP contribution is 2.41. The number of fused-ring (bicyclic) bond motifs is 1. The molecule has 2 aliphatic rings. The molecular formula is C21H18F2N6O3. The summed E-state index contributed by atoms with van der Waals surface area (Å²) in [6.07, 6.45) is 1.23. The van der Waals surface area contributed by atoms with Crippen molar-refractivity contribution in [3.05, 3.63) is 104 Å². The summed E-state index contributed by atoms with van der Waals surface area (Å²) >= 11 is 0. The average molecular weight is 440 g/mol. The maximum Gasteiger partial charge on any atom is 0.298 e. The maximum absolute atomic E-state index is 14.0. The molecule has 11 heteroatoms. The van der Waals surface area contributed by atoms with Gasteiger partial charge in [0.25, 0.3) is 11.6 Å². The van der Waals surface area contributed by atoms with Gasteiger partial charge in [0.2, 0.25) is 0 Å². The minimum absolute atomic E-state index is 0.00307. The quantitative estimate of drug-likeness (QED) is 0.369. The average Bonchev–Trinajstić information content (AvgIpc) is 3.23. The van der Waals surface area contributed by atoms with Gasteiger partial charge in [0, 0.05) is 13.1 Å². The van der Waals surface area contributed by atoms with Crippen LogP contribution >= 0.6 is 0 Å². The van der Waals surface area contributed by atoms with Crippen molar-refractivity contribution >= 4 is 12.1 Å². The first kappa shape index (κ1) is 21.0. The summed E-state index contributed by atoms with van der Waals surface area (Å²) in [4.78, 5) is 25.9. The number of nitro groups is 1. The van der Waals surface area contributed by atoms with Crippen molar-refractivity contribution < 1.29 is 18.5 Å². The molecule has 2 aliphatic heterocycles. The number of nitrogens with zero attached hydrogens (tertiary/aromatic N) is 3. The summed E-state index contributed by atoms with van der Waals surface area (Å²) in [6, 6.07) is 10.7. The van der Waals surface area contributed by atoms with Crippen molar-refractivity contribution in [2.45, 2.75) is 5.92 Å². The number of hydrazone groups is 1. The summed E-state index contributed by atoms with van der Waals surface area (Å²) in [6.45, 7) is 0.702. The molecule has 0 aliphatic carbocycles. The van der Waals surface area contributed by atoms with Crippen molar-refractivity contribution in [3.8, 4) is 0 Å². The van der Waals surface area contributed by atoms with E-state index in [0.717, 1.165) is 6.07 Å². The van der Waals surface area contributed by atoms with E-state index in [2.05, 4.69) is 15.8 Å². The third kappa shape index (κ3) is 3.87. The molecule has 1 saturated heterocycles. The molecule has 32 heavy (non-hydrogen) atoms. The van der Waals surface area contributed by atoms with Gasteiger partial charge in [-0.15, -0.1) is 0 Å². The fourth-order valence-corrected chi connectivity index (χ4v) is 3.79. The second kappa shape index (κ2) is 8.46. The van der Waals surface area contributed by atoms with Crippen LogP contribution in [0.4, 0.5) is 8.78 Å². The number of carbonyl (C=O) groups is 1. The van der Waals surface area contributed by atoms with Crippen molar-refractivity contribution in [3.63, 3.8) is 0 Å². The van der Waals surface area contributed by atoms with E-state index in [9.17, 15) is 23.7 Å². The summed E-state index contributed by atoms with van der Waals surface area (Å²) < 4.78 is 27.3. The Labute approximate surface area is 181 Å². The largest absolute Gasteiger partial charge is 0.385 e. The summed E-state index contributed by atoms with van der Waals surface area (Å²) in [5.41, 5.74) is 8.68. The number of hydrogen-bond acceptors (Lipinski definition) is 7. The Morgan fingerprint density at radius 3 is 2.66 bits per heavy atom. The van der Waals surface area contributed by atoms with Gasteiger partial charge in [-0.25, -0.2) is 14.2 Å². The zero-order valence-electron chi connectivity index (χ0n) is 16.6. The maximum atomic E-state index is 14.0. The Bertz CT molecular complexity index is 1190. The van der Waals surface area contributed by atoms with Crippen LogP contribution in [0.1, 0.15) is 17.0 Å². The monoisotopic (exact) mass is 440 g/mol. The Morgan fingerprint density at radius 1 is 1.25 bits per heavy atom. The molecule has 2 heterocycles. The molecule has 2 aromatic rings. The first-order chi connectivity index (χ1) is 15.4. The van der Waals surface area contributed by atoms with Crippen LogP contribution in [-0.4, -0.2) is 35.0 Å². The summed E-state index contributed by atoms with van der Waals surface area (Å²) in [5, 5.41) is 18.7. The topological polar surface area (TPSA) is 126 Å². The first-order valence-electron chi connectivity index (χ1n) is 9.61. The van der Waals surface area contributed by atoms with Gasteiger partial charge in [-0.3, -0.25) is 14.9 Å². The molecule has 164 valence electrons. The minimum Gasteiger partial charge on any atom is -0.385 e. The lowest BCUT2D eigenvalue weighted by molar-refractivity contribution is -0.432. The smallest absolute Gasteiger partial charge is 0.298 e. The van der Waals surface area contributed by atoms with Crippen molar-refractivity contribution in [2.24, 2.45) is 10.8 Å². The fourth-order valence-electron chi connectivity index (χ4n) is 3.79. The Morgan fingerprint density at radius 2 is 1.97 bits per heavy atom. The molecule has 4 N–H and O–H groups in total. The lowest BCUT2D eigenvalue weighted by atomic mass is 9.85. The SMILES string of the molecule is NC1=C(C(=O)N/N=C/c2cccc(F)c2)C(c2cccc(F)c2)C([N+](=O)[O-])=C2NCCN12. The second-order valence-corrected chi connectivity index (χ2v) is 7.11. The molecule has 0 saturated carbocycles. The molecule has 1 amide bonds. The standard InChI is InChI=1S/C21H18F2N6O3/c22-14-5-1-3-12(9-14)11-26-27-21(30)17-16(13-4-2-6-15(23)10-13)18(29(31)32)20-25-7-8-28(20)19(17)24/h1-6,9-11,16,25H,7-8,24H2,(H,27,30)/b26-11+. The summed E-state index contributed by atoms with van der Waals surface area (Å²) in [7, 11) is 0. The van der Waals surface area contributed by atoms with Crippen LogP contribution in [0.25, 0.3) is 0 Å². The highest BCUT2D eigenvalue weighted by Gasteiger charge is 2.46. The molecule has 1 fully saturated rings. The Balaban J connectivity index is 1.74.